The summed E-state index contributed by atoms with van der Waals surface area (Å²) >= 11 is 0. The Morgan fingerprint density at radius 3 is 2.26 bits per heavy atom. The van der Waals surface area contributed by atoms with E-state index in [-0.39, 0.29) is 11.5 Å². The summed E-state index contributed by atoms with van der Waals surface area (Å²) < 4.78 is 0. The number of nitrogens with zero attached hydrogens (tertiary/aromatic N) is 2. The summed E-state index contributed by atoms with van der Waals surface area (Å²) in [6, 6.07) is 4.11. The van der Waals surface area contributed by atoms with Crippen molar-refractivity contribution >= 4 is 0 Å². The molecule has 1 aromatic rings. The SMILES string of the molecule is O=[N+]([O-])CCCCCCCCCC/C=C\CCc1cccnc1. The Labute approximate surface area is 140 Å². The van der Waals surface area contributed by atoms with Crippen LogP contribution in [0.2, 0.25) is 0 Å². The minimum Gasteiger partial charge on any atom is -0.265 e. The van der Waals surface area contributed by atoms with Crippen LogP contribution in [0.25, 0.3) is 0 Å². The van der Waals surface area contributed by atoms with Crippen LogP contribution in [0.4, 0.5) is 0 Å². The van der Waals surface area contributed by atoms with E-state index in [9.17, 15) is 10.1 Å². The Hall–Kier alpha value is -1.71. The van der Waals surface area contributed by atoms with E-state index in [0.717, 1.165) is 32.1 Å². The van der Waals surface area contributed by atoms with E-state index in [1.807, 2.05) is 18.5 Å². The maximum absolute atomic E-state index is 10.2. The molecular formula is C19H30N2O2. The van der Waals surface area contributed by atoms with Crippen LogP contribution in [0, 0.1) is 10.1 Å². The van der Waals surface area contributed by atoms with E-state index < -0.39 is 0 Å². The highest BCUT2D eigenvalue weighted by Crippen LogP contribution is 2.10. The zero-order chi connectivity index (χ0) is 16.6. The molecule has 0 aliphatic carbocycles. The van der Waals surface area contributed by atoms with Crippen LogP contribution in [-0.2, 0) is 6.42 Å². The number of nitro groups is 1. The quantitative estimate of drug-likeness (QED) is 0.201. The lowest BCUT2D eigenvalue weighted by atomic mass is 10.1. The van der Waals surface area contributed by atoms with Gasteiger partial charge in [0, 0.05) is 23.7 Å². The Morgan fingerprint density at radius 2 is 1.61 bits per heavy atom. The fraction of sp³-hybridized carbons (Fsp3) is 0.632. The predicted molar refractivity (Wildman–Crippen MR) is 95.1 cm³/mol. The van der Waals surface area contributed by atoms with Crippen molar-refractivity contribution in [2.24, 2.45) is 0 Å². The Balaban J connectivity index is 1.81. The van der Waals surface area contributed by atoms with Crippen molar-refractivity contribution in [1.82, 2.24) is 4.98 Å². The second-order valence-corrected chi connectivity index (χ2v) is 6.04. The highest BCUT2D eigenvalue weighted by Gasteiger charge is 1.96. The van der Waals surface area contributed by atoms with Gasteiger partial charge in [-0.1, -0.05) is 50.3 Å². The van der Waals surface area contributed by atoms with Crippen molar-refractivity contribution in [1.29, 1.82) is 0 Å². The van der Waals surface area contributed by atoms with Gasteiger partial charge in [0.15, 0.2) is 0 Å². The largest absolute Gasteiger partial charge is 0.265 e. The Bertz CT molecular complexity index is 432. The van der Waals surface area contributed by atoms with Crippen molar-refractivity contribution < 1.29 is 4.92 Å². The van der Waals surface area contributed by atoms with E-state index in [0.29, 0.717) is 0 Å². The first-order valence-corrected chi connectivity index (χ1v) is 8.95. The molecule has 128 valence electrons. The topological polar surface area (TPSA) is 56.0 Å². The van der Waals surface area contributed by atoms with Gasteiger partial charge in [-0.3, -0.25) is 15.1 Å². The summed E-state index contributed by atoms with van der Waals surface area (Å²) in [5, 5.41) is 10.2. The molecule has 0 bridgehead atoms. The van der Waals surface area contributed by atoms with Gasteiger partial charge in [0.05, 0.1) is 0 Å². The first-order valence-electron chi connectivity index (χ1n) is 8.95. The van der Waals surface area contributed by atoms with Gasteiger partial charge < -0.3 is 0 Å². The highest BCUT2D eigenvalue weighted by atomic mass is 16.6. The van der Waals surface area contributed by atoms with Crippen LogP contribution in [-0.4, -0.2) is 16.5 Å². The van der Waals surface area contributed by atoms with Gasteiger partial charge >= 0.3 is 0 Å². The maximum atomic E-state index is 10.2. The average molecular weight is 318 g/mol. The zero-order valence-corrected chi connectivity index (χ0v) is 14.2. The van der Waals surface area contributed by atoms with E-state index in [4.69, 9.17) is 0 Å². The number of allylic oxidation sites excluding steroid dienone is 2. The van der Waals surface area contributed by atoms with Crippen molar-refractivity contribution in [2.75, 3.05) is 6.54 Å². The molecule has 0 aromatic carbocycles. The molecule has 0 saturated carbocycles. The molecule has 0 fully saturated rings. The van der Waals surface area contributed by atoms with Crippen LogP contribution in [0.3, 0.4) is 0 Å². The zero-order valence-electron chi connectivity index (χ0n) is 14.2. The van der Waals surface area contributed by atoms with Gasteiger partial charge in [-0.25, -0.2) is 0 Å². The number of hydrogen-bond acceptors (Lipinski definition) is 3. The lowest BCUT2D eigenvalue weighted by Gasteiger charge is -2.00. The molecule has 0 atom stereocenters. The molecule has 4 nitrogen and oxygen atoms in total. The minimum atomic E-state index is -0.218. The Kier molecular flexibility index (Phi) is 11.7. The van der Waals surface area contributed by atoms with Crippen molar-refractivity contribution in [3.05, 3.63) is 52.4 Å². The summed E-state index contributed by atoms with van der Waals surface area (Å²) in [6.45, 7) is 0.132. The third-order valence-electron chi connectivity index (χ3n) is 3.95. The number of pyridine rings is 1. The normalized spacial score (nSPS) is 11.1. The molecule has 0 amide bonds. The fourth-order valence-corrected chi connectivity index (χ4v) is 2.60. The van der Waals surface area contributed by atoms with E-state index in [2.05, 4.69) is 23.2 Å². The maximum Gasteiger partial charge on any atom is 0.203 e. The third-order valence-corrected chi connectivity index (χ3v) is 3.95. The molecule has 1 rings (SSSR count). The molecule has 0 aliphatic heterocycles. The molecule has 0 radical (unpaired) electrons. The summed E-state index contributed by atoms with van der Waals surface area (Å²) in [6.07, 6.45) is 20.9. The van der Waals surface area contributed by atoms with Crippen LogP contribution < -0.4 is 0 Å². The molecule has 0 saturated heterocycles. The van der Waals surface area contributed by atoms with Gasteiger partial charge in [0.2, 0.25) is 6.54 Å². The van der Waals surface area contributed by atoms with Crippen LogP contribution in [0.5, 0.6) is 0 Å². The monoisotopic (exact) mass is 318 g/mol. The van der Waals surface area contributed by atoms with E-state index in [1.165, 1.54) is 44.1 Å². The highest BCUT2D eigenvalue weighted by molar-refractivity contribution is 5.09. The van der Waals surface area contributed by atoms with Gasteiger partial charge in [0.1, 0.15) is 0 Å². The summed E-state index contributed by atoms with van der Waals surface area (Å²) in [5.74, 6) is 0. The van der Waals surface area contributed by atoms with Gasteiger partial charge in [-0.05, 0) is 43.7 Å². The molecule has 0 N–H and O–H groups in total. The Morgan fingerprint density at radius 1 is 0.957 bits per heavy atom. The fourth-order valence-electron chi connectivity index (χ4n) is 2.60. The van der Waals surface area contributed by atoms with Crippen molar-refractivity contribution in [2.45, 2.75) is 70.6 Å². The van der Waals surface area contributed by atoms with E-state index in [1.54, 1.807) is 0 Å². The van der Waals surface area contributed by atoms with E-state index >= 15 is 0 Å². The van der Waals surface area contributed by atoms with Crippen molar-refractivity contribution in [3.63, 3.8) is 0 Å². The standard InChI is InChI=1S/C19H30N2O2/c22-21(23)17-12-10-8-6-4-2-1-3-5-7-9-11-14-19-15-13-16-20-18-19/h7,9,13,15-16,18H,1-6,8,10-12,14,17H2/b9-7-. The van der Waals surface area contributed by atoms with Gasteiger partial charge in [-0.2, -0.15) is 0 Å². The smallest absolute Gasteiger partial charge is 0.203 e. The van der Waals surface area contributed by atoms with Crippen LogP contribution in [0.1, 0.15) is 69.8 Å². The molecular weight excluding hydrogens is 288 g/mol. The molecule has 1 heterocycles. The first-order chi connectivity index (χ1) is 11.3. The minimum absolute atomic E-state index is 0.132. The predicted octanol–water partition coefficient (Wildman–Crippen LogP) is 5.36. The van der Waals surface area contributed by atoms with Gasteiger partial charge in [-0.15, -0.1) is 0 Å². The lowest BCUT2D eigenvalue weighted by Crippen LogP contribution is -1.99. The average Bonchev–Trinajstić information content (AvgIpc) is 2.56. The molecule has 1 aromatic heterocycles. The number of aryl methyl sites for hydroxylation is 1. The van der Waals surface area contributed by atoms with Crippen molar-refractivity contribution in [3.8, 4) is 0 Å². The number of aromatic nitrogens is 1. The second kappa shape index (κ2) is 13.9. The molecule has 0 unspecified atom stereocenters. The summed E-state index contributed by atoms with van der Waals surface area (Å²) in [7, 11) is 0. The van der Waals surface area contributed by atoms with Crippen LogP contribution in [0.15, 0.2) is 36.7 Å². The van der Waals surface area contributed by atoms with Gasteiger partial charge in [0.25, 0.3) is 0 Å². The molecule has 0 spiro atoms. The first kappa shape index (κ1) is 19.3. The number of rotatable bonds is 14. The molecule has 23 heavy (non-hydrogen) atoms. The number of unbranched alkanes of at least 4 members (excludes halogenated alkanes) is 8. The summed E-state index contributed by atoms with van der Waals surface area (Å²) in [4.78, 5) is 14.1. The lowest BCUT2D eigenvalue weighted by molar-refractivity contribution is -0.480. The number of hydrogen-bond donors (Lipinski definition) is 0. The summed E-state index contributed by atoms with van der Waals surface area (Å²) in [5.41, 5.74) is 1.30. The molecule has 4 heteroatoms. The van der Waals surface area contributed by atoms with Crippen LogP contribution >= 0.6 is 0 Å². The third kappa shape index (κ3) is 12.5. The second-order valence-electron chi connectivity index (χ2n) is 6.04. The molecule has 0 aliphatic rings.